The average molecular weight is 681 g/mol. The molecule has 0 saturated heterocycles. The Balaban J connectivity index is 0.00000126. The molecule has 1 amide bonds. The van der Waals surface area contributed by atoms with Gasteiger partial charge >= 0.3 is 12.2 Å². The molecule has 0 bridgehead atoms. The van der Waals surface area contributed by atoms with Crippen LogP contribution >= 0.6 is 11.6 Å². The van der Waals surface area contributed by atoms with Crippen molar-refractivity contribution >= 4 is 35.1 Å². The first-order valence-corrected chi connectivity index (χ1v) is 17.1. The number of rotatable bonds is 14. The number of anilines is 3. The first kappa shape index (κ1) is 41.4. The number of nitrogens with zero attached hydrogens (tertiary/aromatic N) is 3. The van der Waals surface area contributed by atoms with Gasteiger partial charge in [-0.2, -0.15) is 28.1 Å². The topological polar surface area (TPSA) is 101 Å². The van der Waals surface area contributed by atoms with Crippen molar-refractivity contribution in [2.75, 3.05) is 23.8 Å². The van der Waals surface area contributed by atoms with Crippen LogP contribution in [-0.4, -0.2) is 40.2 Å². The number of unbranched alkanes of at least 4 members (excludes halogenated alkanes) is 4. The smallest absolute Gasteiger partial charge is 0.422 e. The van der Waals surface area contributed by atoms with Gasteiger partial charge in [-0.3, -0.25) is 4.79 Å². The monoisotopic (exact) mass is 680 g/mol. The molecule has 0 aliphatic heterocycles. The lowest BCUT2D eigenvalue weighted by Crippen LogP contribution is -2.24. The molecule has 0 radical (unpaired) electrons. The largest absolute Gasteiger partial charge is 0.454 e. The molecule has 0 unspecified atom stereocenters. The standard InChI is InChI=1S/C27H30ClF3N6O2.C4H10.2C2H6/c1-2-3-4-5-16-32-22(38)18-6-12-21(13-7-18)33-23-34-24(36-25(35-23)39-17-27(29,30)31)37-26(14-15-26)19-8-10-20(28)11-9-19;1-3-4-2;2*1-2/h6-13H,2-5,14-17H2,1H3,(H,32,38)(H2,33,34,35,36,37);3-4H2,1-2H3;2*1-2H3. The Bertz CT molecular complexity index is 1290. The molecule has 0 spiro atoms. The lowest BCUT2D eigenvalue weighted by atomic mass is 10.1. The van der Waals surface area contributed by atoms with Crippen LogP contribution in [0.4, 0.5) is 30.8 Å². The molecule has 1 aliphatic rings. The van der Waals surface area contributed by atoms with E-state index in [1.807, 2.05) is 39.8 Å². The number of carbonyl (C=O) groups is 1. The van der Waals surface area contributed by atoms with E-state index >= 15 is 0 Å². The van der Waals surface area contributed by atoms with Crippen molar-refractivity contribution in [1.82, 2.24) is 20.3 Å². The van der Waals surface area contributed by atoms with E-state index in [4.69, 9.17) is 16.3 Å². The second kappa shape index (κ2) is 22.1. The van der Waals surface area contributed by atoms with Crippen LogP contribution in [0.2, 0.25) is 5.02 Å². The number of nitrogens with one attached hydrogen (secondary N) is 3. The third kappa shape index (κ3) is 15.7. The van der Waals surface area contributed by atoms with E-state index in [9.17, 15) is 18.0 Å². The number of hydrogen-bond acceptors (Lipinski definition) is 7. The van der Waals surface area contributed by atoms with Crippen LogP contribution in [0, 0.1) is 0 Å². The Labute approximate surface area is 283 Å². The first-order chi connectivity index (χ1) is 22.6. The minimum absolute atomic E-state index is 0.00953. The molecule has 1 fully saturated rings. The molecule has 4 rings (SSSR count). The van der Waals surface area contributed by atoms with Gasteiger partial charge in [-0.05, 0) is 61.2 Å². The summed E-state index contributed by atoms with van der Waals surface area (Å²) in [6.07, 6.45) is 3.90. The maximum Gasteiger partial charge on any atom is 0.422 e. The van der Waals surface area contributed by atoms with Crippen LogP contribution in [0.15, 0.2) is 48.5 Å². The molecule has 1 saturated carbocycles. The first-order valence-electron chi connectivity index (χ1n) is 16.7. The van der Waals surface area contributed by atoms with Crippen LogP contribution in [-0.2, 0) is 5.54 Å². The second-order valence-electron chi connectivity index (χ2n) is 10.4. The van der Waals surface area contributed by atoms with Crippen molar-refractivity contribution < 1.29 is 22.7 Å². The summed E-state index contributed by atoms with van der Waals surface area (Å²) in [5.74, 6) is -0.120. The van der Waals surface area contributed by atoms with Gasteiger partial charge in [-0.15, -0.1) is 0 Å². The van der Waals surface area contributed by atoms with Crippen LogP contribution < -0.4 is 20.7 Å². The van der Waals surface area contributed by atoms with Crippen molar-refractivity contribution in [3.05, 3.63) is 64.7 Å². The van der Waals surface area contributed by atoms with E-state index < -0.39 is 24.3 Å². The Kier molecular flexibility index (Phi) is 19.4. The molecule has 3 N–H and O–H groups in total. The highest BCUT2D eigenvalue weighted by Gasteiger charge is 2.45. The van der Waals surface area contributed by atoms with Crippen LogP contribution in [0.1, 0.15) is 116 Å². The van der Waals surface area contributed by atoms with Crippen molar-refractivity contribution in [2.24, 2.45) is 0 Å². The van der Waals surface area contributed by atoms with Gasteiger partial charge in [0, 0.05) is 22.8 Å². The lowest BCUT2D eigenvalue weighted by Gasteiger charge is -2.19. The SMILES string of the molecule is CC.CC.CCCC.CCCCCCNC(=O)c1ccc(Nc2nc(NC3(c4ccc(Cl)cc4)CC3)nc(OCC(F)(F)F)n2)cc1. The molecule has 1 heterocycles. The summed E-state index contributed by atoms with van der Waals surface area (Å²) < 4.78 is 43.2. The molecule has 262 valence electrons. The number of alkyl halides is 3. The van der Waals surface area contributed by atoms with Crippen molar-refractivity contribution in [1.29, 1.82) is 0 Å². The number of amides is 1. The third-order valence-corrected chi connectivity index (χ3v) is 6.95. The highest BCUT2D eigenvalue weighted by molar-refractivity contribution is 6.30. The van der Waals surface area contributed by atoms with Gasteiger partial charge in [0.2, 0.25) is 11.9 Å². The molecule has 12 heteroatoms. The molecular formula is C35H52ClF3N6O2. The predicted octanol–water partition coefficient (Wildman–Crippen LogP) is 10.5. The molecule has 2 aromatic carbocycles. The number of carbonyl (C=O) groups excluding carboxylic acids is 1. The molecule has 1 aliphatic carbocycles. The summed E-state index contributed by atoms with van der Waals surface area (Å²) in [4.78, 5) is 24.8. The third-order valence-electron chi connectivity index (χ3n) is 6.70. The zero-order chi connectivity index (χ0) is 35.3. The summed E-state index contributed by atoms with van der Waals surface area (Å²) in [6.45, 7) is 13.6. The summed E-state index contributed by atoms with van der Waals surface area (Å²) in [5.41, 5.74) is 1.52. The highest BCUT2D eigenvalue weighted by atomic mass is 35.5. The van der Waals surface area contributed by atoms with E-state index in [1.54, 1.807) is 36.4 Å². The number of benzene rings is 2. The van der Waals surface area contributed by atoms with Gasteiger partial charge < -0.3 is 20.7 Å². The second-order valence-corrected chi connectivity index (χ2v) is 10.8. The number of aromatic nitrogens is 3. The van der Waals surface area contributed by atoms with E-state index in [1.165, 1.54) is 12.8 Å². The van der Waals surface area contributed by atoms with Crippen LogP contribution in [0.5, 0.6) is 6.01 Å². The average Bonchev–Trinajstić information content (AvgIpc) is 3.86. The summed E-state index contributed by atoms with van der Waals surface area (Å²) in [7, 11) is 0. The Morgan fingerprint density at radius 2 is 1.43 bits per heavy atom. The van der Waals surface area contributed by atoms with Gasteiger partial charge in [0.05, 0.1) is 5.54 Å². The fraction of sp³-hybridized carbons (Fsp3) is 0.543. The van der Waals surface area contributed by atoms with E-state index in [-0.39, 0.29) is 17.8 Å². The predicted molar refractivity (Wildman–Crippen MR) is 187 cm³/mol. The minimum atomic E-state index is -4.55. The lowest BCUT2D eigenvalue weighted by molar-refractivity contribution is -0.154. The molecule has 3 aromatic rings. The van der Waals surface area contributed by atoms with E-state index in [0.717, 1.165) is 44.1 Å². The van der Waals surface area contributed by atoms with Gasteiger partial charge in [0.1, 0.15) is 0 Å². The van der Waals surface area contributed by atoms with Crippen LogP contribution in [0.3, 0.4) is 0 Å². The van der Waals surface area contributed by atoms with Crippen molar-refractivity contribution in [3.63, 3.8) is 0 Å². The zero-order valence-electron chi connectivity index (χ0n) is 28.9. The summed E-state index contributed by atoms with van der Waals surface area (Å²) in [6, 6.07) is 13.4. The van der Waals surface area contributed by atoms with Gasteiger partial charge in [0.15, 0.2) is 6.61 Å². The summed E-state index contributed by atoms with van der Waals surface area (Å²) >= 11 is 6.01. The van der Waals surface area contributed by atoms with Crippen LogP contribution in [0.25, 0.3) is 0 Å². The Hall–Kier alpha value is -3.60. The molecular weight excluding hydrogens is 629 g/mol. The summed E-state index contributed by atoms with van der Waals surface area (Å²) in [5, 5.41) is 9.67. The fourth-order valence-corrected chi connectivity index (χ4v) is 4.09. The number of hydrogen-bond donors (Lipinski definition) is 3. The van der Waals surface area contributed by atoms with E-state index in [2.05, 4.69) is 51.7 Å². The maximum atomic E-state index is 12.8. The van der Waals surface area contributed by atoms with Gasteiger partial charge in [-0.1, -0.05) is 104 Å². The van der Waals surface area contributed by atoms with Crippen molar-refractivity contribution in [3.8, 4) is 6.01 Å². The zero-order valence-corrected chi connectivity index (χ0v) is 29.6. The Morgan fingerprint density at radius 1 is 0.830 bits per heavy atom. The van der Waals surface area contributed by atoms with Crippen molar-refractivity contribution in [2.45, 2.75) is 112 Å². The quantitative estimate of drug-likeness (QED) is 0.146. The molecule has 8 nitrogen and oxygen atoms in total. The van der Waals surface area contributed by atoms with E-state index in [0.29, 0.717) is 22.8 Å². The Morgan fingerprint density at radius 3 is 1.96 bits per heavy atom. The molecule has 1 aromatic heterocycles. The van der Waals surface area contributed by atoms with Gasteiger partial charge in [-0.25, -0.2) is 0 Å². The minimum Gasteiger partial charge on any atom is -0.454 e. The fourth-order valence-electron chi connectivity index (χ4n) is 3.96. The maximum absolute atomic E-state index is 12.8. The molecule has 47 heavy (non-hydrogen) atoms. The normalized spacial score (nSPS) is 12.5. The molecule has 0 atom stereocenters. The van der Waals surface area contributed by atoms with Gasteiger partial charge in [0.25, 0.3) is 5.91 Å². The highest BCUT2D eigenvalue weighted by Crippen LogP contribution is 2.48. The number of ether oxygens (including phenoxy) is 1. The number of halogens is 4.